The number of hydrogen-bond donors (Lipinski definition) is 0. The zero-order valence-corrected chi connectivity index (χ0v) is 8.71. The van der Waals surface area contributed by atoms with Crippen molar-refractivity contribution in [3.8, 4) is 6.07 Å². The molecule has 1 rings (SSSR count). The number of aromatic nitrogens is 1. The number of rotatable bonds is 3. The van der Waals surface area contributed by atoms with Gasteiger partial charge in [0.25, 0.3) is 6.43 Å². The molecule has 0 unspecified atom stereocenters. The largest absolute Gasteiger partial charge is 0.469 e. The second-order valence-electron chi connectivity index (χ2n) is 3.01. The van der Waals surface area contributed by atoms with Gasteiger partial charge < -0.3 is 4.74 Å². The van der Waals surface area contributed by atoms with Gasteiger partial charge in [-0.1, -0.05) is 0 Å². The van der Waals surface area contributed by atoms with Gasteiger partial charge >= 0.3 is 5.97 Å². The van der Waals surface area contributed by atoms with Gasteiger partial charge in [-0.3, -0.25) is 9.78 Å². The number of halogens is 3. The van der Waals surface area contributed by atoms with E-state index in [4.69, 9.17) is 5.26 Å². The number of methoxy groups -OCH3 is 1. The highest BCUT2D eigenvalue weighted by molar-refractivity contribution is 5.72. The lowest BCUT2D eigenvalue weighted by Crippen LogP contribution is -2.11. The van der Waals surface area contributed by atoms with Crippen LogP contribution in [0.5, 0.6) is 0 Å². The van der Waals surface area contributed by atoms with Crippen LogP contribution in [0.1, 0.15) is 23.2 Å². The number of nitrogens with zero attached hydrogens (tertiary/aromatic N) is 2. The van der Waals surface area contributed by atoms with E-state index in [0.29, 0.717) is 6.20 Å². The van der Waals surface area contributed by atoms with Gasteiger partial charge in [0, 0.05) is 0 Å². The predicted octanol–water partition coefficient (Wildman–Crippen LogP) is 1.75. The molecule has 0 amide bonds. The summed E-state index contributed by atoms with van der Waals surface area (Å²) >= 11 is 0. The highest BCUT2D eigenvalue weighted by atomic mass is 19.3. The molecule has 0 N–H and O–H groups in total. The number of pyridine rings is 1. The van der Waals surface area contributed by atoms with E-state index in [0.717, 1.165) is 7.11 Å². The summed E-state index contributed by atoms with van der Waals surface area (Å²) < 4.78 is 42.8. The van der Waals surface area contributed by atoms with Crippen molar-refractivity contribution < 1.29 is 22.7 Å². The first-order chi connectivity index (χ1) is 8.01. The van der Waals surface area contributed by atoms with Gasteiger partial charge in [0.15, 0.2) is 5.82 Å². The molecule has 0 aliphatic carbocycles. The molecule has 90 valence electrons. The Balaban J connectivity index is 3.31. The van der Waals surface area contributed by atoms with E-state index in [1.54, 1.807) is 0 Å². The fourth-order valence-corrected chi connectivity index (χ4v) is 1.24. The van der Waals surface area contributed by atoms with Gasteiger partial charge in [0.2, 0.25) is 0 Å². The average molecular weight is 244 g/mol. The SMILES string of the molecule is COC(=O)Cc1ncc(F)c(C#N)c1C(F)F. The molecular weight excluding hydrogens is 237 g/mol. The Morgan fingerprint density at radius 3 is 2.76 bits per heavy atom. The van der Waals surface area contributed by atoms with Gasteiger partial charge in [0.1, 0.15) is 11.6 Å². The summed E-state index contributed by atoms with van der Waals surface area (Å²) in [4.78, 5) is 14.3. The summed E-state index contributed by atoms with van der Waals surface area (Å²) in [5.74, 6) is -1.94. The summed E-state index contributed by atoms with van der Waals surface area (Å²) in [6, 6.07) is 1.33. The Kier molecular flexibility index (Phi) is 4.04. The number of carbonyl (C=O) groups excluding carboxylic acids is 1. The monoisotopic (exact) mass is 244 g/mol. The van der Waals surface area contributed by atoms with Crippen molar-refractivity contribution in [2.45, 2.75) is 12.8 Å². The third-order valence-corrected chi connectivity index (χ3v) is 2.02. The van der Waals surface area contributed by atoms with Crippen molar-refractivity contribution in [3.63, 3.8) is 0 Å². The Labute approximate surface area is 94.6 Å². The fraction of sp³-hybridized carbons (Fsp3) is 0.300. The molecule has 0 spiro atoms. The lowest BCUT2D eigenvalue weighted by molar-refractivity contribution is -0.139. The summed E-state index contributed by atoms with van der Waals surface area (Å²) in [5, 5.41) is 8.60. The zero-order valence-electron chi connectivity index (χ0n) is 8.71. The van der Waals surface area contributed by atoms with E-state index in [1.165, 1.54) is 6.07 Å². The Morgan fingerprint density at radius 1 is 1.65 bits per heavy atom. The molecule has 0 aliphatic rings. The molecule has 1 aromatic heterocycles. The van der Waals surface area contributed by atoms with Crippen LogP contribution in [0, 0.1) is 17.1 Å². The topological polar surface area (TPSA) is 63.0 Å². The summed E-state index contributed by atoms with van der Waals surface area (Å²) in [6.45, 7) is 0. The van der Waals surface area contributed by atoms with Gasteiger partial charge in [-0.15, -0.1) is 0 Å². The van der Waals surface area contributed by atoms with E-state index >= 15 is 0 Å². The Bertz CT molecular complexity index is 483. The summed E-state index contributed by atoms with van der Waals surface area (Å²) in [6.07, 6.45) is -3.00. The lowest BCUT2D eigenvalue weighted by atomic mass is 10.1. The van der Waals surface area contributed by atoms with Crippen LogP contribution in [-0.2, 0) is 16.0 Å². The molecule has 0 saturated carbocycles. The molecule has 1 heterocycles. The van der Waals surface area contributed by atoms with E-state index in [2.05, 4.69) is 9.72 Å². The molecular formula is C10H7F3N2O2. The van der Waals surface area contributed by atoms with E-state index < -0.39 is 35.8 Å². The number of esters is 1. The lowest BCUT2D eigenvalue weighted by Gasteiger charge is -2.09. The second-order valence-corrected chi connectivity index (χ2v) is 3.01. The summed E-state index contributed by atoms with van der Waals surface area (Å²) in [5.41, 5.74) is -2.02. The molecule has 1 aromatic rings. The third-order valence-electron chi connectivity index (χ3n) is 2.02. The molecule has 0 aliphatic heterocycles. The first-order valence-electron chi connectivity index (χ1n) is 4.43. The van der Waals surface area contributed by atoms with Gasteiger partial charge in [0.05, 0.1) is 31.0 Å². The van der Waals surface area contributed by atoms with Crippen molar-refractivity contribution in [3.05, 3.63) is 28.8 Å². The quantitative estimate of drug-likeness (QED) is 0.760. The van der Waals surface area contributed by atoms with Gasteiger partial charge in [-0.25, -0.2) is 13.2 Å². The van der Waals surface area contributed by atoms with E-state index in [1.807, 2.05) is 0 Å². The highest BCUT2D eigenvalue weighted by Crippen LogP contribution is 2.27. The average Bonchev–Trinajstić information content (AvgIpc) is 2.30. The minimum atomic E-state index is -3.09. The first kappa shape index (κ1) is 13.0. The highest BCUT2D eigenvalue weighted by Gasteiger charge is 2.24. The number of ether oxygens (including phenoxy) is 1. The molecule has 0 bridgehead atoms. The molecule has 4 nitrogen and oxygen atoms in total. The standard InChI is InChI=1S/C10H7F3N2O2/c1-17-8(16)2-7-9(10(12)13)5(3-14)6(11)4-15-7/h4,10H,2H2,1H3. The Hall–Kier alpha value is -2.10. The molecule has 0 saturated heterocycles. The smallest absolute Gasteiger partial charge is 0.311 e. The van der Waals surface area contributed by atoms with Crippen LogP contribution < -0.4 is 0 Å². The maximum absolute atomic E-state index is 13.1. The molecule has 0 radical (unpaired) electrons. The number of hydrogen-bond acceptors (Lipinski definition) is 4. The molecule has 0 atom stereocenters. The fourth-order valence-electron chi connectivity index (χ4n) is 1.24. The van der Waals surface area contributed by atoms with Crippen molar-refractivity contribution >= 4 is 5.97 Å². The summed E-state index contributed by atoms with van der Waals surface area (Å²) in [7, 11) is 1.08. The number of carbonyl (C=O) groups is 1. The van der Waals surface area contributed by atoms with Crippen LogP contribution in [-0.4, -0.2) is 18.1 Å². The maximum Gasteiger partial charge on any atom is 0.311 e. The predicted molar refractivity (Wildman–Crippen MR) is 49.6 cm³/mol. The van der Waals surface area contributed by atoms with Crippen LogP contribution in [0.15, 0.2) is 6.20 Å². The normalized spacial score (nSPS) is 10.1. The zero-order chi connectivity index (χ0) is 13.0. The van der Waals surface area contributed by atoms with E-state index in [9.17, 15) is 18.0 Å². The van der Waals surface area contributed by atoms with Crippen LogP contribution in [0.2, 0.25) is 0 Å². The van der Waals surface area contributed by atoms with Crippen LogP contribution in [0.4, 0.5) is 13.2 Å². The van der Waals surface area contributed by atoms with E-state index in [-0.39, 0.29) is 5.69 Å². The van der Waals surface area contributed by atoms with Crippen LogP contribution >= 0.6 is 0 Å². The number of nitriles is 1. The molecule has 0 fully saturated rings. The Morgan fingerprint density at radius 2 is 2.29 bits per heavy atom. The minimum absolute atomic E-state index is 0.357. The second kappa shape index (κ2) is 5.30. The molecule has 7 heteroatoms. The van der Waals surface area contributed by atoms with Gasteiger partial charge in [-0.05, 0) is 0 Å². The van der Waals surface area contributed by atoms with Crippen LogP contribution in [0.3, 0.4) is 0 Å². The number of alkyl halides is 2. The minimum Gasteiger partial charge on any atom is -0.469 e. The first-order valence-corrected chi connectivity index (χ1v) is 4.43. The van der Waals surface area contributed by atoms with Crippen molar-refractivity contribution in [2.24, 2.45) is 0 Å². The van der Waals surface area contributed by atoms with Crippen molar-refractivity contribution in [1.82, 2.24) is 4.98 Å². The van der Waals surface area contributed by atoms with Crippen molar-refractivity contribution in [1.29, 1.82) is 5.26 Å². The van der Waals surface area contributed by atoms with Crippen molar-refractivity contribution in [2.75, 3.05) is 7.11 Å². The molecule has 0 aromatic carbocycles. The van der Waals surface area contributed by atoms with Gasteiger partial charge in [-0.2, -0.15) is 5.26 Å². The third kappa shape index (κ3) is 2.72. The van der Waals surface area contributed by atoms with Crippen LogP contribution in [0.25, 0.3) is 0 Å². The molecule has 17 heavy (non-hydrogen) atoms. The maximum atomic E-state index is 13.1.